The predicted molar refractivity (Wildman–Crippen MR) is 43.9 cm³/mol. The van der Waals surface area contributed by atoms with Crippen LogP contribution in [0.15, 0.2) is 0 Å². The van der Waals surface area contributed by atoms with Crippen molar-refractivity contribution < 1.29 is 9.84 Å². The number of nitrogens with zero attached hydrogens (tertiary/aromatic N) is 1. The van der Waals surface area contributed by atoms with E-state index in [4.69, 9.17) is 4.74 Å². The van der Waals surface area contributed by atoms with Crippen LogP contribution in [-0.4, -0.2) is 46.9 Å². The van der Waals surface area contributed by atoms with Gasteiger partial charge < -0.3 is 9.84 Å². The van der Waals surface area contributed by atoms with E-state index in [0.717, 1.165) is 19.4 Å². The molecule has 3 aliphatic rings. The van der Waals surface area contributed by atoms with E-state index in [1.807, 2.05) is 6.92 Å². The van der Waals surface area contributed by atoms with E-state index < -0.39 is 5.60 Å². The molecule has 1 spiro atoms. The highest BCUT2D eigenvalue weighted by Gasteiger charge is 2.72. The average molecular weight is 169 g/mol. The van der Waals surface area contributed by atoms with E-state index in [9.17, 15) is 5.11 Å². The first-order valence-corrected chi connectivity index (χ1v) is 4.63. The van der Waals surface area contributed by atoms with Crippen molar-refractivity contribution in [1.82, 2.24) is 4.90 Å². The number of likely N-dealkylation sites (N-methyl/N-ethyl adjacent to an activating group) is 1. The Hall–Kier alpha value is -0.120. The van der Waals surface area contributed by atoms with Crippen molar-refractivity contribution >= 4 is 0 Å². The normalized spacial score (nSPS) is 63.2. The van der Waals surface area contributed by atoms with Crippen LogP contribution in [0, 0.1) is 0 Å². The SMILES string of the molecule is CN1C2COC23CC(C)(O)CC13. The highest BCUT2D eigenvalue weighted by atomic mass is 16.5. The Morgan fingerprint density at radius 2 is 2.25 bits per heavy atom. The lowest BCUT2D eigenvalue weighted by atomic mass is 9.73. The van der Waals surface area contributed by atoms with Gasteiger partial charge in [0, 0.05) is 12.5 Å². The Morgan fingerprint density at radius 3 is 2.75 bits per heavy atom. The van der Waals surface area contributed by atoms with Gasteiger partial charge in [0.25, 0.3) is 0 Å². The van der Waals surface area contributed by atoms with Crippen molar-refractivity contribution in [3.63, 3.8) is 0 Å². The number of ether oxygens (including phenoxy) is 1. The van der Waals surface area contributed by atoms with E-state index in [2.05, 4.69) is 11.9 Å². The highest BCUT2D eigenvalue weighted by molar-refractivity contribution is 5.25. The van der Waals surface area contributed by atoms with E-state index in [-0.39, 0.29) is 5.60 Å². The molecule has 0 radical (unpaired) electrons. The van der Waals surface area contributed by atoms with Gasteiger partial charge in [-0.15, -0.1) is 0 Å². The minimum Gasteiger partial charge on any atom is -0.390 e. The molecule has 0 aromatic heterocycles. The molecule has 1 saturated carbocycles. The molecule has 3 rings (SSSR count). The fraction of sp³-hybridized carbons (Fsp3) is 1.00. The molecule has 4 unspecified atom stereocenters. The number of hydrogen-bond donors (Lipinski definition) is 1. The number of aliphatic hydroxyl groups is 1. The van der Waals surface area contributed by atoms with Gasteiger partial charge in [0.05, 0.1) is 18.2 Å². The molecule has 12 heavy (non-hydrogen) atoms. The molecular weight excluding hydrogens is 154 g/mol. The van der Waals surface area contributed by atoms with Gasteiger partial charge in [-0.05, 0) is 20.4 Å². The fourth-order valence-electron chi connectivity index (χ4n) is 3.32. The zero-order valence-corrected chi connectivity index (χ0v) is 7.58. The fourth-order valence-corrected chi connectivity index (χ4v) is 3.32. The Kier molecular flexibility index (Phi) is 1.04. The Bertz CT molecular complexity index is 241. The van der Waals surface area contributed by atoms with Crippen LogP contribution in [0.3, 0.4) is 0 Å². The Labute approximate surface area is 72.3 Å². The second-order valence-corrected chi connectivity index (χ2v) is 4.84. The summed E-state index contributed by atoms with van der Waals surface area (Å²) in [5.74, 6) is 0. The largest absolute Gasteiger partial charge is 0.390 e. The van der Waals surface area contributed by atoms with Gasteiger partial charge in [0.1, 0.15) is 5.60 Å². The first-order chi connectivity index (χ1) is 5.55. The zero-order valence-electron chi connectivity index (χ0n) is 7.58. The summed E-state index contributed by atoms with van der Waals surface area (Å²) in [5.41, 5.74) is -0.438. The van der Waals surface area contributed by atoms with Crippen LogP contribution in [0.25, 0.3) is 0 Å². The highest BCUT2D eigenvalue weighted by Crippen LogP contribution is 2.57. The molecule has 0 amide bonds. The van der Waals surface area contributed by atoms with Crippen LogP contribution in [0.2, 0.25) is 0 Å². The first kappa shape index (κ1) is 7.30. The van der Waals surface area contributed by atoms with Crippen LogP contribution in [-0.2, 0) is 4.74 Å². The molecule has 0 aromatic rings. The zero-order chi connectivity index (χ0) is 8.56. The molecule has 0 bridgehead atoms. The summed E-state index contributed by atoms with van der Waals surface area (Å²) in [6.45, 7) is 2.79. The maximum absolute atomic E-state index is 9.90. The summed E-state index contributed by atoms with van der Waals surface area (Å²) in [7, 11) is 2.14. The van der Waals surface area contributed by atoms with E-state index in [1.165, 1.54) is 0 Å². The van der Waals surface area contributed by atoms with Crippen LogP contribution in [0.4, 0.5) is 0 Å². The third-order valence-corrected chi connectivity index (χ3v) is 3.91. The maximum Gasteiger partial charge on any atom is 0.104 e. The number of morpholine rings is 1. The van der Waals surface area contributed by atoms with Gasteiger partial charge in [-0.25, -0.2) is 0 Å². The van der Waals surface area contributed by atoms with Crippen molar-refractivity contribution in [2.45, 2.75) is 43.1 Å². The van der Waals surface area contributed by atoms with Gasteiger partial charge in [-0.3, -0.25) is 4.90 Å². The van der Waals surface area contributed by atoms with Crippen molar-refractivity contribution in [2.75, 3.05) is 13.7 Å². The molecule has 0 aromatic carbocycles. The van der Waals surface area contributed by atoms with Crippen molar-refractivity contribution in [1.29, 1.82) is 0 Å². The minimum atomic E-state index is -0.492. The van der Waals surface area contributed by atoms with Gasteiger partial charge in [-0.2, -0.15) is 0 Å². The third kappa shape index (κ3) is 0.573. The molecular formula is C9H15NO2. The van der Waals surface area contributed by atoms with Crippen LogP contribution in [0.1, 0.15) is 19.8 Å². The van der Waals surface area contributed by atoms with Gasteiger partial charge in [-0.1, -0.05) is 0 Å². The smallest absolute Gasteiger partial charge is 0.104 e. The number of rotatable bonds is 0. The quantitative estimate of drug-likeness (QED) is 0.553. The first-order valence-electron chi connectivity index (χ1n) is 4.63. The Balaban J connectivity index is 1.92. The Morgan fingerprint density at radius 1 is 1.50 bits per heavy atom. The topological polar surface area (TPSA) is 32.7 Å². The van der Waals surface area contributed by atoms with Crippen LogP contribution in [0.5, 0.6) is 0 Å². The lowest BCUT2D eigenvalue weighted by Crippen LogP contribution is -2.82. The summed E-state index contributed by atoms with van der Waals surface area (Å²) in [5, 5.41) is 9.90. The second-order valence-electron chi connectivity index (χ2n) is 4.84. The van der Waals surface area contributed by atoms with Crippen LogP contribution < -0.4 is 0 Å². The molecule has 2 aliphatic heterocycles. The summed E-state index contributed by atoms with van der Waals surface area (Å²) in [6, 6.07) is 1.07. The summed E-state index contributed by atoms with van der Waals surface area (Å²) in [6.07, 6.45) is 1.71. The molecule has 1 aliphatic carbocycles. The molecule has 3 heteroatoms. The van der Waals surface area contributed by atoms with Crippen molar-refractivity contribution in [2.24, 2.45) is 0 Å². The molecule has 3 fully saturated rings. The van der Waals surface area contributed by atoms with E-state index >= 15 is 0 Å². The molecule has 1 N–H and O–H groups in total. The van der Waals surface area contributed by atoms with Gasteiger partial charge in [0.2, 0.25) is 0 Å². The van der Waals surface area contributed by atoms with Crippen molar-refractivity contribution in [3.05, 3.63) is 0 Å². The molecule has 68 valence electrons. The maximum atomic E-state index is 9.90. The second kappa shape index (κ2) is 1.72. The van der Waals surface area contributed by atoms with Gasteiger partial charge >= 0.3 is 0 Å². The average Bonchev–Trinajstić information content (AvgIpc) is 2.21. The molecule has 4 atom stereocenters. The monoisotopic (exact) mass is 169 g/mol. The number of likely N-dealkylation sites (tertiary alicyclic amines) is 1. The lowest BCUT2D eigenvalue weighted by molar-refractivity contribution is -0.308. The van der Waals surface area contributed by atoms with E-state index in [1.54, 1.807) is 0 Å². The summed E-state index contributed by atoms with van der Waals surface area (Å²) >= 11 is 0. The molecule has 2 heterocycles. The molecule has 3 nitrogen and oxygen atoms in total. The number of hydrogen-bond acceptors (Lipinski definition) is 3. The standard InChI is InChI=1S/C9H15NO2/c1-8(11)3-6-9(5-8)7(4-12-9)10(6)2/h6-7,11H,3-5H2,1-2H3. The summed E-state index contributed by atoms with van der Waals surface area (Å²) in [4.78, 5) is 2.35. The van der Waals surface area contributed by atoms with E-state index in [0.29, 0.717) is 12.1 Å². The predicted octanol–water partition coefficient (Wildman–Crippen LogP) is -0.0172. The van der Waals surface area contributed by atoms with Crippen molar-refractivity contribution in [3.8, 4) is 0 Å². The van der Waals surface area contributed by atoms with Gasteiger partial charge in [0.15, 0.2) is 0 Å². The van der Waals surface area contributed by atoms with Crippen LogP contribution >= 0.6 is 0 Å². The minimum absolute atomic E-state index is 0.0538. The summed E-state index contributed by atoms with van der Waals surface area (Å²) < 4.78 is 5.65. The molecule has 2 saturated heterocycles. The third-order valence-electron chi connectivity index (χ3n) is 3.91. The lowest BCUT2D eigenvalue weighted by Gasteiger charge is -2.66.